The van der Waals surface area contributed by atoms with Crippen molar-refractivity contribution in [2.24, 2.45) is 11.7 Å². The van der Waals surface area contributed by atoms with Crippen molar-refractivity contribution in [2.75, 3.05) is 13.1 Å². The van der Waals surface area contributed by atoms with Crippen molar-refractivity contribution in [1.82, 2.24) is 4.90 Å². The zero-order valence-corrected chi connectivity index (χ0v) is 14.5. The molecule has 1 aromatic rings. The lowest BCUT2D eigenvalue weighted by Crippen LogP contribution is -2.41. The highest BCUT2D eigenvalue weighted by Crippen LogP contribution is 2.23. The molecule has 1 heterocycles. The van der Waals surface area contributed by atoms with Gasteiger partial charge in [0.1, 0.15) is 0 Å². The molecule has 0 spiro atoms. The second kappa shape index (κ2) is 7.16. The first-order chi connectivity index (χ1) is 10.8. The lowest BCUT2D eigenvalue weighted by Gasteiger charge is -2.30. The summed E-state index contributed by atoms with van der Waals surface area (Å²) in [5, 5.41) is 0. The van der Waals surface area contributed by atoms with E-state index in [0.717, 1.165) is 6.42 Å². The average molecular weight is 316 g/mol. The maximum Gasteiger partial charge on any atom is 0.222 e. The van der Waals surface area contributed by atoms with Crippen LogP contribution in [0.3, 0.4) is 0 Å². The van der Waals surface area contributed by atoms with Crippen LogP contribution in [0.2, 0.25) is 0 Å². The number of nitrogens with zero attached hydrogens (tertiary/aromatic N) is 1. The molecule has 23 heavy (non-hydrogen) atoms. The Kier molecular flexibility index (Phi) is 5.45. The number of carbonyl (C=O) groups excluding carboxylic acids is 2. The number of primary amides is 1. The smallest absolute Gasteiger partial charge is 0.222 e. The molecule has 1 aliphatic rings. The van der Waals surface area contributed by atoms with Gasteiger partial charge in [-0.3, -0.25) is 9.59 Å². The molecule has 0 aliphatic carbocycles. The Labute approximate surface area is 139 Å². The van der Waals surface area contributed by atoms with E-state index in [9.17, 15) is 9.59 Å². The molecule has 1 aromatic carbocycles. The van der Waals surface area contributed by atoms with Gasteiger partial charge in [0.25, 0.3) is 0 Å². The summed E-state index contributed by atoms with van der Waals surface area (Å²) in [5.74, 6) is -0.132. The predicted molar refractivity (Wildman–Crippen MR) is 92.0 cm³/mol. The SMILES string of the molecule is CC(C)(C)c1ccc(CCC(=O)N2CCC(C(N)=O)CC2)cc1. The minimum absolute atomic E-state index is 0.0657. The first-order valence-corrected chi connectivity index (χ1v) is 8.44. The van der Waals surface area contributed by atoms with Crippen molar-refractivity contribution in [2.45, 2.75) is 51.9 Å². The molecule has 1 fully saturated rings. The molecule has 0 atom stereocenters. The van der Waals surface area contributed by atoms with Crippen molar-refractivity contribution >= 4 is 11.8 Å². The molecular weight excluding hydrogens is 288 g/mol. The van der Waals surface area contributed by atoms with Crippen LogP contribution < -0.4 is 5.73 Å². The van der Waals surface area contributed by atoms with E-state index in [1.165, 1.54) is 11.1 Å². The summed E-state index contributed by atoms with van der Waals surface area (Å²) >= 11 is 0. The van der Waals surface area contributed by atoms with Crippen molar-refractivity contribution in [3.63, 3.8) is 0 Å². The van der Waals surface area contributed by atoms with E-state index < -0.39 is 0 Å². The van der Waals surface area contributed by atoms with Crippen LogP contribution in [0, 0.1) is 5.92 Å². The van der Waals surface area contributed by atoms with Crippen LogP contribution in [0.5, 0.6) is 0 Å². The van der Waals surface area contributed by atoms with E-state index >= 15 is 0 Å². The number of rotatable bonds is 4. The lowest BCUT2D eigenvalue weighted by atomic mass is 9.86. The van der Waals surface area contributed by atoms with Crippen molar-refractivity contribution in [3.8, 4) is 0 Å². The highest BCUT2D eigenvalue weighted by Gasteiger charge is 2.25. The summed E-state index contributed by atoms with van der Waals surface area (Å²) in [7, 11) is 0. The van der Waals surface area contributed by atoms with Gasteiger partial charge in [0, 0.05) is 25.4 Å². The van der Waals surface area contributed by atoms with E-state index in [1.807, 2.05) is 4.90 Å². The largest absolute Gasteiger partial charge is 0.369 e. The molecule has 0 saturated carbocycles. The summed E-state index contributed by atoms with van der Waals surface area (Å²) < 4.78 is 0. The molecule has 4 nitrogen and oxygen atoms in total. The molecule has 2 rings (SSSR count). The summed E-state index contributed by atoms with van der Waals surface area (Å²) in [4.78, 5) is 25.3. The average Bonchev–Trinajstić information content (AvgIpc) is 2.52. The van der Waals surface area contributed by atoms with Gasteiger partial charge in [-0.1, -0.05) is 45.0 Å². The molecule has 2 N–H and O–H groups in total. The topological polar surface area (TPSA) is 63.4 Å². The van der Waals surface area contributed by atoms with Gasteiger partial charge in [0.2, 0.25) is 11.8 Å². The number of hydrogen-bond donors (Lipinski definition) is 1. The number of likely N-dealkylation sites (tertiary alicyclic amines) is 1. The van der Waals surface area contributed by atoms with Gasteiger partial charge in [-0.15, -0.1) is 0 Å². The van der Waals surface area contributed by atoms with Gasteiger partial charge < -0.3 is 10.6 Å². The maximum absolute atomic E-state index is 12.3. The number of carbonyl (C=O) groups is 2. The molecular formula is C19H28N2O2. The molecule has 4 heteroatoms. The van der Waals surface area contributed by atoms with Crippen LogP contribution in [0.25, 0.3) is 0 Å². The van der Waals surface area contributed by atoms with E-state index in [2.05, 4.69) is 45.0 Å². The zero-order valence-electron chi connectivity index (χ0n) is 14.5. The first-order valence-electron chi connectivity index (χ1n) is 8.44. The number of hydrogen-bond acceptors (Lipinski definition) is 2. The number of nitrogens with two attached hydrogens (primary N) is 1. The Morgan fingerprint density at radius 3 is 2.17 bits per heavy atom. The minimum Gasteiger partial charge on any atom is -0.369 e. The fraction of sp³-hybridized carbons (Fsp3) is 0.579. The third kappa shape index (κ3) is 4.81. The second-order valence-electron chi connectivity index (χ2n) is 7.50. The summed E-state index contributed by atoms with van der Waals surface area (Å²) in [6.45, 7) is 7.88. The van der Waals surface area contributed by atoms with Crippen LogP contribution in [-0.2, 0) is 21.4 Å². The Bertz CT molecular complexity index is 550. The van der Waals surface area contributed by atoms with Gasteiger partial charge in [-0.2, -0.15) is 0 Å². The summed E-state index contributed by atoms with van der Waals surface area (Å²) in [5.41, 5.74) is 7.98. The van der Waals surface area contributed by atoms with E-state index in [-0.39, 0.29) is 23.1 Å². The number of amides is 2. The monoisotopic (exact) mass is 316 g/mol. The third-order valence-electron chi connectivity index (χ3n) is 4.70. The summed E-state index contributed by atoms with van der Waals surface area (Å²) in [6, 6.07) is 8.54. The van der Waals surface area contributed by atoms with Crippen LogP contribution in [0.1, 0.15) is 51.2 Å². The van der Waals surface area contributed by atoms with Crippen molar-refractivity contribution in [3.05, 3.63) is 35.4 Å². The molecule has 1 saturated heterocycles. The second-order valence-corrected chi connectivity index (χ2v) is 7.50. The summed E-state index contributed by atoms with van der Waals surface area (Å²) in [6.07, 6.45) is 2.68. The van der Waals surface area contributed by atoms with Gasteiger partial charge in [0.05, 0.1) is 0 Å². The van der Waals surface area contributed by atoms with Crippen LogP contribution in [0.15, 0.2) is 24.3 Å². The zero-order chi connectivity index (χ0) is 17.0. The fourth-order valence-electron chi connectivity index (χ4n) is 2.99. The van der Waals surface area contributed by atoms with Crippen LogP contribution in [-0.4, -0.2) is 29.8 Å². The molecule has 126 valence electrons. The Balaban J connectivity index is 1.82. The van der Waals surface area contributed by atoms with Crippen LogP contribution >= 0.6 is 0 Å². The fourth-order valence-corrected chi connectivity index (χ4v) is 2.99. The number of piperidine rings is 1. The molecule has 0 bridgehead atoms. The minimum atomic E-state index is -0.240. The first kappa shape index (κ1) is 17.5. The number of aryl methyl sites for hydroxylation is 1. The van der Waals surface area contributed by atoms with Crippen molar-refractivity contribution in [1.29, 1.82) is 0 Å². The van der Waals surface area contributed by atoms with Crippen molar-refractivity contribution < 1.29 is 9.59 Å². The Hall–Kier alpha value is -1.84. The lowest BCUT2D eigenvalue weighted by molar-refractivity contribution is -0.134. The molecule has 0 radical (unpaired) electrons. The highest BCUT2D eigenvalue weighted by atomic mass is 16.2. The van der Waals surface area contributed by atoms with Gasteiger partial charge >= 0.3 is 0 Å². The molecule has 2 amide bonds. The molecule has 1 aliphatic heterocycles. The van der Waals surface area contributed by atoms with Gasteiger partial charge in [-0.25, -0.2) is 0 Å². The van der Waals surface area contributed by atoms with E-state index in [4.69, 9.17) is 5.73 Å². The quantitative estimate of drug-likeness (QED) is 0.928. The molecule has 0 aromatic heterocycles. The van der Waals surface area contributed by atoms with Gasteiger partial charge in [-0.05, 0) is 35.8 Å². The van der Waals surface area contributed by atoms with E-state index in [0.29, 0.717) is 32.4 Å². The Morgan fingerprint density at radius 2 is 1.70 bits per heavy atom. The highest BCUT2D eigenvalue weighted by molar-refractivity contribution is 5.79. The predicted octanol–water partition coefficient (Wildman–Crippen LogP) is 2.64. The normalized spacial score (nSPS) is 16.4. The van der Waals surface area contributed by atoms with E-state index in [1.54, 1.807) is 0 Å². The number of benzene rings is 1. The van der Waals surface area contributed by atoms with Crippen LogP contribution in [0.4, 0.5) is 0 Å². The Morgan fingerprint density at radius 1 is 1.13 bits per heavy atom. The molecule has 0 unspecified atom stereocenters. The maximum atomic E-state index is 12.3. The third-order valence-corrected chi connectivity index (χ3v) is 4.70. The van der Waals surface area contributed by atoms with Gasteiger partial charge in [0.15, 0.2) is 0 Å². The standard InChI is InChI=1S/C19H28N2O2/c1-19(2,3)16-7-4-14(5-8-16)6-9-17(22)21-12-10-15(11-13-21)18(20)23/h4-5,7-8,15H,6,9-13H2,1-3H3,(H2,20,23).